The average molecular weight is 464 g/mol. The van der Waals surface area contributed by atoms with E-state index in [0.717, 1.165) is 33.5 Å². The highest BCUT2D eigenvalue weighted by atomic mass is 35.5. The lowest BCUT2D eigenvalue weighted by molar-refractivity contribution is 0.0937. The molecule has 150 valence electrons. The maximum Gasteiger partial charge on any atom is 0.263 e. The fourth-order valence-corrected chi connectivity index (χ4v) is 5.50. The molecule has 0 bridgehead atoms. The van der Waals surface area contributed by atoms with Crippen LogP contribution >= 0.6 is 46.0 Å². The number of halogens is 1. The number of fused-ring (bicyclic) bond motifs is 1. The molecular formula is C19H18ClN5OS3. The summed E-state index contributed by atoms with van der Waals surface area (Å²) >= 11 is 10.6. The molecule has 10 heteroatoms. The minimum absolute atomic E-state index is 0.146. The Morgan fingerprint density at radius 1 is 1.28 bits per heavy atom. The van der Waals surface area contributed by atoms with E-state index in [1.807, 2.05) is 54.1 Å². The third kappa shape index (κ3) is 4.32. The van der Waals surface area contributed by atoms with Gasteiger partial charge in [0.05, 0.1) is 20.9 Å². The van der Waals surface area contributed by atoms with Crippen molar-refractivity contribution < 1.29 is 4.79 Å². The van der Waals surface area contributed by atoms with E-state index in [4.69, 9.17) is 11.6 Å². The van der Waals surface area contributed by atoms with Crippen molar-refractivity contribution in [3.05, 3.63) is 57.3 Å². The lowest BCUT2D eigenvalue weighted by atomic mass is 10.2. The molecule has 0 aromatic carbocycles. The second kappa shape index (κ2) is 8.83. The summed E-state index contributed by atoms with van der Waals surface area (Å²) in [4.78, 5) is 19.2. The second-order valence-electron chi connectivity index (χ2n) is 6.33. The smallest absolute Gasteiger partial charge is 0.263 e. The molecule has 1 amide bonds. The fraction of sp³-hybridized carbons (Fsp3) is 0.263. The number of aromatic nitrogens is 4. The predicted molar refractivity (Wildman–Crippen MR) is 121 cm³/mol. The zero-order chi connectivity index (χ0) is 20.4. The van der Waals surface area contributed by atoms with Gasteiger partial charge in [-0.2, -0.15) is 11.8 Å². The summed E-state index contributed by atoms with van der Waals surface area (Å²) in [5.41, 5.74) is 1.47. The largest absolute Gasteiger partial charge is 0.341 e. The van der Waals surface area contributed by atoms with Crippen LogP contribution in [0.15, 0.2) is 36.5 Å². The van der Waals surface area contributed by atoms with Gasteiger partial charge in [-0.25, -0.2) is 4.98 Å². The molecule has 1 atom stereocenters. The van der Waals surface area contributed by atoms with Gasteiger partial charge >= 0.3 is 0 Å². The molecule has 1 unspecified atom stereocenters. The number of nitrogens with one attached hydrogen (secondary N) is 1. The quantitative estimate of drug-likeness (QED) is 0.412. The molecule has 0 aliphatic carbocycles. The summed E-state index contributed by atoms with van der Waals surface area (Å²) in [6, 6.07) is 9.27. The van der Waals surface area contributed by atoms with Crippen molar-refractivity contribution in [3.8, 4) is 9.88 Å². The van der Waals surface area contributed by atoms with Gasteiger partial charge in [0.25, 0.3) is 5.91 Å². The van der Waals surface area contributed by atoms with Gasteiger partial charge in [0, 0.05) is 6.20 Å². The van der Waals surface area contributed by atoms with Crippen LogP contribution in [0.25, 0.3) is 15.5 Å². The molecule has 4 heterocycles. The van der Waals surface area contributed by atoms with E-state index in [0.29, 0.717) is 14.9 Å². The van der Waals surface area contributed by atoms with Crippen LogP contribution in [-0.4, -0.2) is 37.5 Å². The van der Waals surface area contributed by atoms with Gasteiger partial charge in [0.15, 0.2) is 11.5 Å². The van der Waals surface area contributed by atoms with E-state index in [9.17, 15) is 4.79 Å². The molecule has 6 nitrogen and oxygen atoms in total. The van der Waals surface area contributed by atoms with Gasteiger partial charge in [-0.05, 0) is 49.6 Å². The van der Waals surface area contributed by atoms with E-state index in [1.165, 1.54) is 22.7 Å². The number of hydrogen-bond acceptors (Lipinski definition) is 7. The molecule has 0 saturated carbocycles. The fourth-order valence-electron chi connectivity index (χ4n) is 2.96. The molecule has 1 N–H and O–H groups in total. The molecule has 4 rings (SSSR count). The third-order valence-corrected chi connectivity index (χ3v) is 7.56. The number of thiazole rings is 1. The summed E-state index contributed by atoms with van der Waals surface area (Å²) < 4.78 is 2.62. The predicted octanol–water partition coefficient (Wildman–Crippen LogP) is 5.10. The van der Waals surface area contributed by atoms with Crippen LogP contribution in [-0.2, 0) is 0 Å². The van der Waals surface area contributed by atoms with Crippen molar-refractivity contribution in [2.45, 2.75) is 19.4 Å². The molecule has 0 saturated heterocycles. The van der Waals surface area contributed by atoms with Crippen molar-refractivity contribution in [1.29, 1.82) is 0 Å². The molecule has 0 aliphatic rings. The number of carbonyl (C=O) groups excluding carboxylic acids is 1. The van der Waals surface area contributed by atoms with Gasteiger partial charge in [0.1, 0.15) is 9.88 Å². The SMILES string of the molecule is CSCCC(NC(=O)c1sc(-c2ccc(Cl)s2)nc1C)c1nnc2ccccn12. The van der Waals surface area contributed by atoms with Gasteiger partial charge in [-0.3, -0.25) is 9.20 Å². The van der Waals surface area contributed by atoms with Gasteiger partial charge in [-0.15, -0.1) is 32.9 Å². The summed E-state index contributed by atoms with van der Waals surface area (Å²) in [5, 5.41) is 12.5. The maximum absolute atomic E-state index is 13.1. The van der Waals surface area contributed by atoms with E-state index < -0.39 is 0 Å². The standard InChI is InChI=1S/C19H18ClN5OS3/c1-11-16(29-19(21-11)13-6-7-14(20)28-13)18(26)22-12(8-10-27-2)17-24-23-15-5-3-4-9-25(15)17/h3-7,9,12H,8,10H2,1-2H3,(H,22,26). The van der Waals surface area contributed by atoms with Crippen LogP contribution in [0.4, 0.5) is 0 Å². The number of aryl methyl sites for hydroxylation is 1. The Hall–Kier alpha value is -1.94. The van der Waals surface area contributed by atoms with Crippen molar-refractivity contribution >= 4 is 57.6 Å². The number of nitrogens with zero attached hydrogens (tertiary/aromatic N) is 4. The van der Waals surface area contributed by atoms with Crippen LogP contribution in [0.3, 0.4) is 0 Å². The first kappa shape index (κ1) is 20.3. The summed E-state index contributed by atoms with van der Waals surface area (Å²) in [7, 11) is 0. The number of carbonyl (C=O) groups is 1. The van der Waals surface area contributed by atoms with E-state index in [-0.39, 0.29) is 11.9 Å². The Balaban J connectivity index is 1.61. The van der Waals surface area contributed by atoms with Crippen LogP contribution in [0.1, 0.15) is 33.7 Å². The topological polar surface area (TPSA) is 72.2 Å². The van der Waals surface area contributed by atoms with E-state index >= 15 is 0 Å². The van der Waals surface area contributed by atoms with Gasteiger partial charge in [0.2, 0.25) is 0 Å². The zero-order valence-corrected chi connectivity index (χ0v) is 19.0. The van der Waals surface area contributed by atoms with Crippen molar-refractivity contribution in [2.75, 3.05) is 12.0 Å². The molecule has 0 fully saturated rings. The molecule has 4 aromatic rings. The second-order valence-corrected chi connectivity index (χ2v) is 10.0. The number of thioether (sulfide) groups is 1. The number of rotatable bonds is 7. The normalized spacial score (nSPS) is 12.4. The van der Waals surface area contributed by atoms with E-state index in [2.05, 4.69) is 20.5 Å². The first-order valence-corrected chi connectivity index (χ1v) is 12.3. The summed E-state index contributed by atoms with van der Waals surface area (Å²) in [6.07, 6.45) is 4.72. The van der Waals surface area contributed by atoms with Crippen molar-refractivity contribution in [2.24, 2.45) is 0 Å². The number of thiophene rings is 1. The first-order valence-electron chi connectivity index (χ1n) is 8.89. The third-order valence-electron chi connectivity index (χ3n) is 4.35. The Morgan fingerprint density at radius 2 is 2.14 bits per heavy atom. The first-order chi connectivity index (χ1) is 14.1. The highest BCUT2D eigenvalue weighted by Gasteiger charge is 2.24. The van der Waals surface area contributed by atoms with Gasteiger partial charge in [-0.1, -0.05) is 17.7 Å². The average Bonchev–Trinajstić information content (AvgIpc) is 3.43. The molecule has 0 aliphatic heterocycles. The summed E-state index contributed by atoms with van der Waals surface area (Å²) in [6.45, 7) is 1.85. The van der Waals surface area contributed by atoms with Gasteiger partial charge < -0.3 is 5.32 Å². The van der Waals surface area contributed by atoms with E-state index in [1.54, 1.807) is 11.8 Å². The lowest BCUT2D eigenvalue weighted by Crippen LogP contribution is -2.30. The number of hydrogen-bond donors (Lipinski definition) is 1. The minimum Gasteiger partial charge on any atom is -0.341 e. The Labute approximate surface area is 185 Å². The van der Waals surface area contributed by atoms with Crippen molar-refractivity contribution in [3.63, 3.8) is 0 Å². The Bertz CT molecular complexity index is 1150. The Kier molecular flexibility index (Phi) is 6.19. The molecule has 0 radical (unpaired) electrons. The van der Waals surface area contributed by atoms with Crippen LogP contribution in [0.5, 0.6) is 0 Å². The van der Waals surface area contributed by atoms with Crippen LogP contribution in [0.2, 0.25) is 4.34 Å². The maximum atomic E-state index is 13.1. The molecule has 0 spiro atoms. The number of pyridine rings is 1. The molecule has 4 aromatic heterocycles. The highest BCUT2D eigenvalue weighted by Crippen LogP contribution is 2.35. The number of amides is 1. The Morgan fingerprint density at radius 3 is 2.90 bits per heavy atom. The van der Waals surface area contributed by atoms with Crippen molar-refractivity contribution in [1.82, 2.24) is 24.9 Å². The minimum atomic E-state index is -0.242. The molecule has 29 heavy (non-hydrogen) atoms. The zero-order valence-electron chi connectivity index (χ0n) is 15.8. The van der Waals surface area contributed by atoms with Crippen LogP contribution in [0, 0.1) is 6.92 Å². The summed E-state index contributed by atoms with van der Waals surface area (Å²) in [5.74, 6) is 1.48. The molecular weight excluding hydrogens is 446 g/mol. The monoisotopic (exact) mass is 463 g/mol. The lowest BCUT2D eigenvalue weighted by Gasteiger charge is -2.16. The van der Waals surface area contributed by atoms with Crippen LogP contribution < -0.4 is 5.32 Å². The highest BCUT2D eigenvalue weighted by molar-refractivity contribution is 7.98.